The second-order valence-electron chi connectivity index (χ2n) is 5.52. The first-order valence-corrected chi connectivity index (χ1v) is 7.83. The third-order valence-electron chi connectivity index (χ3n) is 3.69. The zero-order chi connectivity index (χ0) is 16.2. The summed E-state index contributed by atoms with van der Waals surface area (Å²) >= 11 is 5.94. The van der Waals surface area contributed by atoms with E-state index >= 15 is 0 Å². The molecule has 0 aliphatic rings. The molecule has 0 aliphatic heterocycles. The van der Waals surface area contributed by atoms with Gasteiger partial charge in [0.25, 0.3) is 0 Å². The molecular weight excluding hydrogens is 312 g/mol. The van der Waals surface area contributed by atoms with Crippen LogP contribution >= 0.6 is 11.6 Å². The molecule has 2 heterocycles. The largest absolute Gasteiger partial charge is 0.459 e. The van der Waals surface area contributed by atoms with E-state index < -0.39 is 0 Å². The smallest absolute Gasteiger partial charge is 0.306 e. The van der Waals surface area contributed by atoms with Crippen LogP contribution in [0.2, 0.25) is 5.02 Å². The molecule has 0 saturated carbocycles. The molecule has 4 nitrogen and oxygen atoms in total. The second-order valence-corrected chi connectivity index (χ2v) is 5.96. The first-order chi connectivity index (χ1) is 11.1. The Morgan fingerprint density at radius 2 is 2.00 bits per heavy atom. The van der Waals surface area contributed by atoms with Crippen LogP contribution in [0.4, 0.5) is 0 Å². The molecule has 3 rings (SSSR count). The number of fused-ring (bicyclic) bond motifs is 1. The van der Waals surface area contributed by atoms with Crippen LogP contribution in [-0.2, 0) is 16.1 Å². The van der Waals surface area contributed by atoms with E-state index in [1.54, 1.807) is 12.3 Å². The summed E-state index contributed by atoms with van der Waals surface area (Å²) in [5.41, 5.74) is 2.61. The molecule has 0 saturated heterocycles. The highest BCUT2D eigenvalue weighted by molar-refractivity contribution is 6.30. The average molecular weight is 329 g/mol. The van der Waals surface area contributed by atoms with Gasteiger partial charge in [0, 0.05) is 12.4 Å². The van der Waals surface area contributed by atoms with E-state index in [9.17, 15) is 4.79 Å². The molecule has 5 heteroatoms. The molecule has 0 amide bonds. The van der Waals surface area contributed by atoms with Gasteiger partial charge in [-0.25, -0.2) is 4.98 Å². The van der Waals surface area contributed by atoms with Gasteiger partial charge in [-0.05, 0) is 23.6 Å². The predicted octanol–water partition coefficient (Wildman–Crippen LogP) is 4.22. The van der Waals surface area contributed by atoms with Gasteiger partial charge in [0.2, 0.25) is 0 Å². The summed E-state index contributed by atoms with van der Waals surface area (Å²) < 4.78 is 7.15. The lowest BCUT2D eigenvalue weighted by atomic mass is 9.98. The van der Waals surface area contributed by atoms with Gasteiger partial charge in [0.05, 0.1) is 17.1 Å². The minimum absolute atomic E-state index is 0.128. The highest BCUT2D eigenvalue weighted by Gasteiger charge is 2.13. The summed E-state index contributed by atoms with van der Waals surface area (Å²) in [5.74, 6) is -0.0972. The number of carbonyl (C=O) groups excluding carboxylic acids is 1. The fraction of sp³-hybridized carbons (Fsp3) is 0.222. The van der Waals surface area contributed by atoms with Crippen molar-refractivity contribution >= 4 is 23.2 Å². The molecule has 0 radical (unpaired) electrons. The van der Waals surface area contributed by atoms with E-state index in [0.717, 1.165) is 11.2 Å². The van der Waals surface area contributed by atoms with Crippen LogP contribution in [0.25, 0.3) is 5.65 Å². The molecule has 1 aromatic carbocycles. The zero-order valence-corrected chi connectivity index (χ0v) is 13.5. The molecule has 3 aromatic rings. The number of nitrogens with zero attached hydrogens (tertiary/aromatic N) is 2. The van der Waals surface area contributed by atoms with E-state index in [2.05, 4.69) is 4.98 Å². The molecule has 0 aliphatic carbocycles. The Morgan fingerprint density at radius 1 is 1.22 bits per heavy atom. The fourth-order valence-corrected chi connectivity index (χ4v) is 2.62. The predicted molar refractivity (Wildman–Crippen MR) is 89.5 cm³/mol. The molecule has 0 fully saturated rings. The second kappa shape index (κ2) is 6.84. The summed E-state index contributed by atoms with van der Waals surface area (Å²) in [5, 5.41) is 0.634. The van der Waals surface area contributed by atoms with Crippen molar-refractivity contribution in [1.82, 2.24) is 9.38 Å². The van der Waals surface area contributed by atoms with Crippen molar-refractivity contribution in [3.8, 4) is 0 Å². The average Bonchev–Trinajstić information content (AvgIpc) is 2.95. The van der Waals surface area contributed by atoms with Crippen LogP contribution in [0.5, 0.6) is 0 Å². The summed E-state index contributed by atoms with van der Waals surface area (Å²) in [6.07, 6.45) is 3.94. The normalized spacial score (nSPS) is 12.3. The number of aromatic nitrogens is 2. The Bertz CT molecular complexity index is 814. The molecule has 0 N–H and O–H groups in total. The molecule has 0 unspecified atom stereocenters. The molecule has 23 heavy (non-hydrogen) atoms. The number of carbonyl (C=O) groups is 1. The number of halogens is 1. The van der Waals surface area contributed by atoms with Crippen molar-refractivity contribution in [3.63, 3.8) is 0 Å². The van der Waals surface area contributed by atoms with Crippen molar-refractivity contribution in [2.45, 2.75) is 25.9 Å². The van der Waals surface area contributed by atoms with Gasteiger partial charge < -0.3 is 9.14 Å². The number of ether oxygens (including phenoxy) is 1. The van der Waals surface area contributed by atoms with Gasteiger partial charge in [0.15, 0.2) is 0 Å². The van der Waals surface area contributed by atoms with Gasteiger partial charge >= 0.3 is 5.97 Å². The molecule has 0 bridgehead atoms. The topological polar surface area (TPSA) is 43.6 Å². The first-order valence-electron chi connectivity index (χ1n) is 7.45. The van der Waals surface area contributed by atoms with Crippen molar-refractivity contribution in [1.29, 1.82) is 0 Å². The third kappa shape index (κ3) is 3.90. The van der Waals surface area contributed by atoms with E-state index in [4.69, 9.17) is 16.3 Å². The van der Waals surface area contributed by atoms with Crippen molar-refractivity contribution in [3.05, 3.63) is 71.1 Å². The lowest BCUT2D eigenvalue weighted by Gasteiger charge is -2.10. The Balaban J connectivity index is 1.57. The Hall–Kier alpha value is -2.33. The van der Waals surface area contributed by atoms with E-state index in [0.29, 0.717) is 17.1 Å². The molecular formula is C18H17ClN2O2. The number of hydrogen-bond acceptors (Lipinski definition) is 3. The highest BCUT2D eigenvalue weighted by atomic mass is 35.5. The molecule has 0 spiro atoms. The third-order valence-corrected chi connectivity index (χ3v) is 3.91. The SMILES string of the molecule is C[C@@H](CC(=O)OCc1cn2cc(Cl)ccc2n1)c1ccccc1. The van der Waals surface area contributed by atoms with E-state index in [-0.39, 0.29) is 18.5 Å². The number of hydrogen-bond donors (Lipinski definition) is 0. The molecule has 1 atom stereocenters. The monoisotopic (exact) mass is 328 g/mol. The van der Waals surface area contributed by atoms with Crippen molar-refractivity contribution in [2.24, 2.45) is 0 Å². The number of imidazole rings is 1. The summed E-state index contributed by atoms with van der Waals surface area (Å²) in [6, 6.07) is 13.5. The minimum Gasteiger partial charge on any atom is -0.459 e. The maximum atomic E-state index is 12.0. The van der Waals surface area contributed by atoms with Gasteiger partial charge in [-0.15, -0.1) is 0 Å². The zero-order valence-electron chi connectivity index (χ0n) is 12.8. The number of pyridine rings is 1. The number of benzene rings is 1. The Labute approximate surface area is 139 Å². The first kappa shape index (κ1) is 15.6. The summed E-state index contributed by atoms with van der Waals surface area (Å²) in [4.78, 5) is 16.4. The number of rotatable bonds is 5. The van der Waals surface area contributed by atoms with Crippen LogP contribution in [0, 0.1) is 0 Å². The Kier molecular flexibility index (Phi) is 4.63. The number of esters is 1. The van der Waals surface area contributed by atoms with Gasteiger partial charge in [-0.3, -0.25) is 4.79 Å². The van der Waals surface area contributed by atoms with Gasteiger partial charge in [-0.1, -0.05) is 48.9 Å². The van der Waals surface area contributed by atoms with Crippen LogP contribution < -0.4 is 0 Å². The lowest BCUT2D eigenvalue weighted by Crippen LogP contribution is -2.08. The van der Waals surface area contributed by atoms with Crippen molar-refractivity contribution < 1.29 is 9.53 Å². The lowest BCUT2D eigenvalue weighted by molar-refractivity contribution is -0.145. The standard InChI is InChI=1S/C18H17ClN2O2/c1-13(14-5-3-2-4-6-14)9-18(22)23-12-16-11-21-10-15(19)7-8-17(21)20-16/h2-8,10-11,13H,9,12H2,1H3/t13-/m0/s1. The summed E-state index contributed by atoms with van der Waals surface area (Å²) in [7, 11) is 0. The summed E-state index contributed by atoms with van der Waals surface area (Å²) in [6.45, 7) is 2.18. The quantitative estimate of drug-likeness (QED) is 0.658. The van der Waals surface area contributed by atoms with Crippen LogP contribution in [0.3, 0.4) is 0 Å². The van der Waals surface area contributed by atoms with Gasteiger partial charge in [0.1, 0.15) is 12.3 Å². The van der Waals surface area contributed by atoms with Gasteiger partial charge in [-0.2, -0.15) is 0 Å². The molecule has 2 aromatic heterocycles. The molecule has 118 valence electrons. The fourth-order valence-electron chi connectivity index (χ4n) is 2.45. The maximum absolute atomic E-state index is 12.0. The Morgan fingerprint density at radius 3 is 2.78 bits per heavy atom. The minimum atomic E-state index is -0.226. The van der Waals surface area contributed by atoms with E-state index in [1.807, 2.05) is 53.9 Å². The van der Waals surface area contributed by atoms with Crippen molar-refractivity contribution in [2.75, 3.05) is 0 Å². The highest BCUT2D eigenvalue weighted by Crippen LogP contribution is 2.19. The van der Waals surface area contributed by atoms with Crippen LogP contribution in [0.15, 0.2) is 54.9 Å². The van der Waals surface area contributed by atoms with E-state index in [1.165, 1.54) is 0 Å². The van der Waals surface area contributed by atoms with Crippen LogP contribution in [0.1, 0.15) is 30.5 Å². The van der Waals surface area contributed by atoms with Crippen LogP contribution in [-0.4, -0.2) is 15.4 Å². The maximum Gasteiger partial charge on any atom is 0.306 e.